The lowest BCUT2D eigenvalue weighted by molar-refractivity contribution is -0.143. The zero-order valence-corrected chi connectivity index (χ0v) is 13.0. The van der Waals surface area contributed by atoms with E-state index in [0.29, 0.717) is 6.54 Å². The van der Waals surface area contributed by atoms with Gasteiger partial charge in [0, 0.05) is 12.6 Å². The van der Waals surface area contributed by atoms with Crippen LogP contribution in [-0.2, 0) is 20.9 Å². The molecule has 0 atom stereocenters. The summed E-state index contributed by atoms with van der Waals surface area (Å²) in [5.74, 6) is -0.868. The van der Waals surface area contributed by atoms with Gasteiger partial charge in [-0.2, -0.15) is 0 Å². The number of hydrogen-bond donors (Lipinski definition) is 1. The molecule has 1 amide bonds. The van der Waals surface area contributed by atoms with E-state index in [0.717, 1.165) is 16.7 Å². The van der Waals surface area contributed by atoms with E-state index in [1.54, 1.807) is 6.08 Å². The molecule has 2 aromatic carbocycles. The molecule has 118 valence electrons. The van der Waals surface area contributed by atoms with E-state index in [2.05, 4.69) is 5.32 Å². The average Bonchev–Trinajstić information content (AvgIpc) is 2.57. The minimum Gasteiger partial charge on any atom is -0.452 e. The molecule has 0 saturated heterocycles. The molecule has 0 aliphatic rings. The summed E-state index contributed by atoms with van der Waals surface area (Å²) in [5, 5.41) is 2.70. The van der Waals surface area contributed by atoms with Crippen LogP contribution in [0.4, 0.5) is 0 Å². The number of benzene rings is 2. The molecule has 0 bridgehead atoms. The Bertz CT molecular complexity index is 693. The molecule has 0 radical (unpaired) electrons. The number of aryl methyl sites for hydroxylation is 1. The Balaban J connectivity index is 1.72. The Morgan fingerprint density at radius 1 is 1.09 bits per heavy atom. The summed E-state index contributed by atoms with van der Waals surface area (Å²) in [6, 6.07) is 17.3. The Morgan fingerprint density at radius 3 is 2.61 bits per heavy atom. The number of hydrogen-bond acceptors (Lipinski definition) is 3. The van der Waals surface area contributed by atoms with Crippen LogP contribution in [0, 0.1) is 6.92 Å². The van der Waals surface area contributed by atoms with Crippen molar-refractivity contribution in [3.8, 4) is 0 Å². The van der Waals surface area contributed by atoms with Gasteiger partial charge in [-0.3, -0.25) is 4.79 Å². The lowest BCUT2D eigenvalue weighted by atomic mass is 10.1. The monoisotopic (exact) mass is 309 g/mol. The highest BCUT2D eigenvalue weighted by Gasteiger charge is 2.04. The fraction of sp³-hybridized carbons (Fsp3) is 0.158. The van der Waals surface area contributed by atoms with Crippen molar-refractivity contribution in [2.45, 2.75) is 13.5 Å². The topological polar surface area (TPSA) is 55.4 Å². The molecule has 0 spiro atoms. The predicted molar refractivity (Wildman–Crippen MR) is 89.5 cm³/mol. The average molecular weight is 309 g/mol. The van der Waals surface area contributed by atoms with Crippen molar-refractivity contribution in [2.24, 2.45) is 0 Å². The van der Waals surface area contributed by atoms with E-state index in [9.17, 15) is 9.59 Å². The first kappa shape index (κ1) is 16.5. The largest absolute Gasteiger partial charge is 0.452 e. The third kappa shape index (κ3) is 6.18. The van der Waals surface area contributed by atoms with Gasteiger partial charge in [-0.05, 0) is 24.1 Å². The van der Waals surface area contributed by atoms with Crippen molar-refractivity contribution in [2.75, 3.05) is 6.61 Å². The Morgan fingerprint density at radius 2 is 1.87 bits per heavy atom. The second-order valence-corrected chi connectivity index (χ2v) is 5.12. The highest BCUT2D eigenvalue weighted by molar-refractivity contribution is 5.89. The van der Waals surface area contributed by atoms with Crippen LogP contribution in [0.2, 0.25) is 0 Å². The van der Waals surface area contributed by atoms with Crippen LogP contribution in [0.1, 0.15) is 16.7 Å². The number of amides is 1. The lowest BCUT2D eigenvalue weighted by Gasteiger charge is -2.05. The molecule has 4 heteroatoms. The van der Waals surface area contributed by atoms with Crippen molar-refractivity contribution in [3.63, 3.8) is 0 Å². The molecule has 2 rings (SSSR count). The molecule has 1 N–H and O–H groups in total. The van der Waals surface area contributed by atoms with Gasteiger partial charge in [-0.1, -0.05) is 60.2 Å². The number of carbonyl (C=O) groups excluding carboxylic acids is 2. The molecule has 0 aliphatic heterocycles. The smallest absolute Gasteiger partial charge is 0.331 e. The fourth-order valence-corrected chi connectivity index (χ4v) is 1.97. The van der Waals surface area contributed by atoms with Crippen LogP contribution in [-0.4, -0.2) is 18.5 Å². The summed E-state index contributed by atoms with van der Waals surface area (Å²) in [6.07, 6.45) is 2.98. The first-order valence-electron chi connectivity index (χ1n) is 7.35. The Kier molecular flexibility index (Phi) is 6.12. The minimum atomic E-state index is -0.540. The maximum Gasteiger partial charge on any atom is 0.331 e. The number of carbonyl (C=O) groups is 2. The van der Waals surface area contributed by atoms with E-state index in [1.807, 2.05) is 61.5 Å². The SMILES string of the molecule is Cc1cccc(/C=C/C(=O)OCC(=O)NCc2ccccc2)c1. The van der Waals surface area contributed by atoms with Crippen LogP contribution in [0.5, 0.6) is 0 Å². The summed E-state index contributed by atoms with van der Waals surface area (Å²) in [5.41, 5.74) is 3.02. The summed E-state index contributed by atoms with van der Waals surface area (Å²) in [6.45, 7) is 2.10. The van der Waals surface area contributed by atoms with Crippen LogP contribution in [0.15, 0.2) is 60.7 Å². The predicted octanol–water partition coefficient (Wildman–Crippen LogP) is 2.87. The maximum absolute atomic E-state index is 11.6. The molecule has 23 heavy (non-hydrogen) atoms. The van der Waals surface area contributed by atoms with Crippen LogP contribution < -0.4 is 5.32 Å². The molecule has 0 fully saturated rings. The molecule has 0 aliphatic carbocycles. The molecular weight excluding hydrogens is 290 g/mol. The van der Waals surface area contributed by atoms with Gasteiger partial charge in [0.05, 0.1) is 0 Å². The van der Waals surface area contributed by atoms with Crippen LogP contribution in [0.25, 0.3) is 6.08 Å². The Labute approximate surface area is 135 Å². The van der Waals surface area contributed by atoms with E-state index >= 15 is 0 Å². The van der Waals surface area contributed by atoms with Gasteiger partial charge < -0.3 is 10.1 Å². The quantitative estimate of drug-likeness (QED) is 0.659. The van der Waals surface area contributed by atoms with Gasteiger partial charge in [0.2, 0.25) is 0 Å². The van der Waals surface area contributed by atoms with Gasteiger partial charge in [0.1, 0.15) is 0 Å². The highest BCUT2D eigenvalue weighted by Crippen LogP contribution is 2.05. The summed E-state index contributed by atoms with van der Waals surface area (Å²) in [4.78, 5) is 23.2. The third-order valence-electron chi connectivity index (χ3n) is 3.13. The molecule has 0 unspecified atom stereocenters. The normalized spacial score (nSPS) is 10.5. The van der Waals surface area contributed by atoms with Crippen molar-refractivity contribution in [1.82, 2.24) is 5.32 Å². The van der Waals surface area contributed by atoms with Crippen molar-refractivity contribution in [1.29, 1.82) is 0 Å². The highest BCUT2D eigenvalue weighted by atomic mass is 16.5. The van der Waals surface area contributed by atoms with Gasteiger partial charge in [-0.25, -0.2) is 4.79 Å². The zero-order valence-electron chi connectivity index (χ0n) is 13.0. The second-order valence-electron chi connectivity index (χ2n) is 5.12. The lowest BCUT2D eigenvalue weighted by Crippen LogP contribution is -2.28. The molecule has 0 aromatic heterocycles. The first-order chi connectivity index (χ1) is 11.1. The molecular formula is C19H19NO3. The minimum absolute atomic E-state index is 0.288. The molecule has 0 saturated carbocycles. The summed E-state index contributed by atoms with van der Waals surface area (Å²) in [7, 11) is 0. The number of esters is 1. The Hall–Kier alpha value is -2.88. The summed E-state index contributed by atoms with van der Waals surface area (Å²) < 4.78 is 4.91. The number of ether oxygens (including phenoxy) is 1. The second kappa shape index (κ2) is 8.54. The van der Waals surface area contributed by atoms with Crippen molar-refractivity contribution >= 4 is 18.0 Å². The number of nitrogens with one attached hydrogen (secondary N) is 1. The van der Waals surface area contributed by atoms with E-state index < -0.39 is 5.97 Å². The van der Waals surface area contributed by atoms with E-state index in [1.165, 1.54) is 6.08 Å². The van der Waals surface area contributed by atoms with Gasteiger partial charge in [0.15, 0.2) is 6.61 Å². The fourth-order valence-electron chi connectivity index (χ4n) is 1.97. The van der Waals surface area contributed by atoms with Crippen molar-refractivity contribution in [3.05, 3.63) is 77.4 Å². The molecule has 0 heterocycles. The van der Waals surface area contributed by atoms with Crippen LogP contribution in [0.3, 0.4) is 0 Å². The molecule has 4 nitrogen and oxygen atoms in total. The van der Waals surface area contributed by atoms with Gasteiger partial charge in [-0.15, -0.1) is 0 Å². The van der Waals surface area contributed by atoms with Crippen LogP contribution >= 0.6 is 0 Å². The van der Waals surface area contributed by atoms with Crippen molar-refractivity contribution < 1.29 is 14.3 Å². The third-order valence-corrected chi connectivity index (χ3v) is 3.13. The van der Waals surface area contributed by atoms with Gasteiger partial charge >= 0.3 is 5.97 Å². The maximum atomic E-state index is 11.6. The molecule has 2 aromatic rings. The standard InChI is InChI=1S/C19H19NO3/c1-15-6-5-9-16(12-15)10-11-19(22)23-14-18(21)20-13-17-7-3-2-4-8-17/h2-12H,13-14H2,1H3,(H,20,21)/b11-10+. The first-order valence-corrected chi connectivity index (χ1v) is 7.35. The van der Waals surface area contributed by atoms with E-state index in [4.69, 9.17) is 4.74 Å². The van der Waals surface area contributed by atoms with E-state index in [-0.39, 0.29) is 12.5 Å². The van der Waals surface area contributed by atoms with Gasteiger partial charge in [0.25, 0.3) is 5.91 Å². The zero-order chi connectivity index (χ0) is 16.5. The number of rotatable bonds is 6. The summed E-state index contributed by atoms with van der Waals surface area (Å²) >= 11 is 0.